The lowest BCUT2D eigenvalue weighted by atomic mass is 10.0. The molecular formula is C17H16F3N3O2. The van der Waals surface area contributed by atoms with Crippen LogP contribution in [0.3, 0.4) is 0 Å². The highest BCUT2D eigenvalue weighted by Gasteiger charge is 2.33. The van der Waals surface area contributed by atoms with Gasteiger partial charge in [0.25, 0.3) is 5.69 Å². The molecule has 5 nitrogen and oxygen atoms in total. The summed E-state index contributed by atoms with van der Waals surface area (Å²) in [5, 5.41) is 15.1. The van der Waals surface area contributed by atoms with Gasteiger partial charge in [-0.05, 0) is 55.7 Å². The third-order valence-electron chi connectivity index (χ3n) is 3.79. The van der Waals surface area contributed by atoms with E-state index in [4.69, 9.17) is 0 Å². The molecule has 2 rings (SSSR count). The Balaban J connectivity index is 2.33. The van der Waals surface area contributed by atoms with Crippen LogP contribution in [0.15, 0.2) is 41.5 Å². The Kier molecular flexibility index (Phi) is 5.10. The summed E-state index contributed by atoms with van der Waals surface area (Å²) in [5.74, 6) is 0. The van der Waals surface area contributed by atoms with Crippen molar-refractivity contribution in [2.24, 2.45) is 5.10 Å². The third-order valence-corrected chi connectivity index (χ3v) is 3.79. The Hall–Kier alpha value is -2.90. The first-order valence-corrected chi connectivity index (χ1v) is 7.33. The number of hydrazone groups is 1. The standard InChI is InChI=1S/C17H16F3N3O2/c1-10-4-5-13(8-11(10)2)12(3)21-22-15-7-6-14(17(18,19)20)9-16(15)23(24)25/h4-9,22H,1-3H3. The summed E-state index contributed by atoms with van der Waals surface area (Å²) in [4.78, 5) is 10.2. The highest BCUT2D eigenvalue weighted by molar-refractivity contribution is 5.99. The van der Waals surface area contributed by atoms with Gasteiger partial charge >= 0.3 is 6.18 Å². The van der Waals surface area contributed by atoms with E-state index < -0.39 is 22.4 Å². The normalized spacial score (nSPS) is 12.2. The SMILES string of the molecule is CC(=NNc1ccc(C(F)(F)F)cc1[N+](=O)[O-])c1ccc(C)c(C)c1. The van der Waals surface area contributed by atoms with E-state index in [1.807, 2.05) is 32.0 Å². The Morgan fingerprint density at radius 3 is 2.36 bits per heavy atom. The topological polar surface area (TPSA) is 67.5 Å². The van der Waals surface area contributed by atoms with Gasteiger partial charge in [-0.25, -0.2) is 0 Å². The van der Waals surface area contributed by atoms with Gasteiger partial charge in [-0.15, -0.1) is 0 Å². The third kappa shape index (κ3) is 4.34. The monoisotopic (exact) mass is 351 g/mol. The molecular weight excluding hydrogens is 335 g/mol. The van der Waals surface area contributed by atoms with Crippen LogP contribution in [0.4, 0.5) is 24.5 Å². The summed E-state index contributed by atoms with van der Waals surface area (Å²) in [6, 6.07) is 7.95. The molecule has 0 saturated carbocycles. The zero-order valence-electron chi connectivity index (χ0n) is 13.8. The first kappa shape index (κ1) is 18.4. The van der Waals surface area contributed by atoms with Gasteiger partial charge in [-0.3, -0.25) is 15.5 Å². The second kappa shape index (κ2) is 6.92. The molecule has 0 aliphatic carbocycles. The average Bonchev–Trinajstić information content (AvgIpc) is 2.54. The molecule has 0 atom stereocenters. The van der Waals surface area contributed by atoms with Gasteiger partial charge in [0.2, 0.25) is 0 Å². The number of nitro groups is 1. The van der Waals surface area contributed by atoms with Crippen molar-refractivity contribution in [3.63, 3.8) is 0 Å². The minimum Gasteiger partial charge on any atom is -0.271 e. The van der Waals surface area contributed by atoms with Crippen LogP contribution in [0.1, 0.15) is 29.2 Å². The van der Waals surface area contributed by atoms with Gasteiger partial charge in [0, 0.05) is 6.07 Å². The van der Waals surface area contributed by atoms with Gasteiger partial charge in [-0.2, -0.15) is 18.3 Å². The highest BCUT2D eigenvalue weighted by atomic mass is 19.4. The smallest absolute Gasteiger partial charge is 0.271 e. The van der Waals surface area contributed by atoms with Crippen LogP contribution in [0.5, 0.6) is 0 Å². The molecule has 0 fully saturated rings. The molecule has 1 N–H and O–H groups in total. The van der Waals surface area contributed by atoms with Crippen LogP contribution in [0, 0.1) is 24.0 Å². The number of nitro benzene ring substituents is 1. The fourth-order valence-corrected chi connectivity index (χ4v) is 2.13. The number of benzene rings is 2. The number of rotatable bonds is 4. The van der Waals surface area contributed by atoms with Crippen LogP contribution < -0.4 is 5.43 Å². The lowest BCUT2D eigenvalue weighted by Gasteiger charge is -2.09. The predicted octanol–water partition coefficient (Wildman–Crippen LogP) is 5.07. The number of nitrogens with one attached hydrogen (secondary N) is 1. The van der Waals surface area contributed by atoms with Gasteiger partial charge in [-0.1, -0.05) is 12.1 Å². The van der Waals surface area contributed by atoms with Crippen LogP contribution in [-0.2, 0) is 6.18 Å². The molecule has 0 amide bonds. The van der Waals surface area contributed by atoms with E-state index in [0.29, 0.717) is 11.8 Å². The van der Waals surface area contributed by atoms with Crippen molar-refractivity contribution in [2.45, 2.75) is 26.9 Å². The van der Waals surface area contributed by atoms with Gasteiger partial charge < -0.3 is 0 Å². The van der Waals surface area contributed by atoms with Crippen molar-refractivity contribution in [3.05, 3.63) is 68.8 Å². The average molecular weight is 351 g/mol. The number of hydrogen-bond donors (Lipinski definition) is 1. The maximum atomic E-state index is 12.7. The summed E-state index contributed by atoms with van der Waals surface area (Å²) in [7, 11) is 0. The van der Waals surface area contributed by atoms with Crippen LogP contribution >= 0.6 is 0 Å². The molecule has 0 saturated heterocycles. The van der Waals surface area contributed by atoms with Crippen molar-refractivity contribution in [1.29, 1.82) is 0 Å². The predicted molar refractivity (Wildman–Crippen MR) is 89.8 cm³/mol. The van der Waals surface area contributed by atoms with E-state index in [9.17, 15) is 23.3 Å². The number of aryl methyl sites for hydroxylation is 2. The van der Waals surface area contributed by atoms with Crippen LogP contribution in [-0.4, -0.2) is 10.6 Å². The van der Waals surface area contributed by atoms with Crippen molar-refractivity contribution in [3.8, 4) is 0 Å². The molecule has 0 aromatic heterocycles. The summed E-state index contributed by atoms with van der Waals surface area (Å²) >= 11 is 0. The maximum absolute atomic E-state index is 12.7. The lowest BCUT2D eigenvalue weighted by molar-refractivity contribution is -0.384. The number of halogens is 3. The number of anilines is 1. The lowest BCUT2D eigenvalue weighted by Crippen LogP contribution is -2.07. The molecule has 0 heterocycles. The summed E-state index contributed by atoms with van der Waals surface area (Å²) in [6.07, 6.45) is -4.65. The van der Waals surface area contributed by atoms with Gasteiger partial charge in [0.1, 0.15) is 5.69 Å². The first-order chi connectivity index (χ1) is 11.6. The number of nitrogens with zero attached hydrogens (tertiary/aromatic N) is 2. The van der Waals surface area contributed by atoms with Crippen molar-refractivity contribution < 1.29 is 18.1 Å². The first-order valence-electron chi connectivity index (χ1n) is 7.33. The molecule has 0 radical (unpaired) electrons. The minimum absolute atomic E-state index is 0.110. The fraction of sp³-hybridized carbons (Fsp3) is 0.235. The molecule has 0 bridgehead atoms. The molecule has 0 aliphatic rings. The molecule has 2 aromatic rings. The molecule has 0 aliphatic heterocycles. The van der Waals surface area contributed by atoms with E-state index in [1.54, 1.807) is 6.92 Å². The van der Waals surface area contributed by atoms with Crippen LogP contribution in [0.25, 0.3) is 0 Å². The summed E-state index contributed by atoms with van der Waals surface area (Å²) in [6.45, 7) is 5.61. The molecule has 25 heavy (non-hydrogen) atoms. The fourth-order valence-electron chi connectivity index (χ4n) is 2.13. The zero-order valence-corrected chi connectivity index (χ0v) is 13.8. The van der Waals surface area contributed by atoms with E-state index in [1.165, 1.54) is 0 Å². The Bertz CT molecular complexity index is 846. The highest BCUT2D eigenvalue weighted by Crippen LogP contribution is 2.35. The Labute approximate surface area is 142 Å². The van der Waals surface area contributed by atoms with E-state index in [0.717, 1.165) is 28.8 Å². The number of hydrogen-bond acceptors (Lipinski definition) is 4. The van der Waals surface area contributed by atoms with Gasteiger partial charge in [0.15, 0.2) is 0 Å². The molecule has 132 valence electrons. The summed E-state index contributed by atoms with van der Waals surface area (Å²) in [5.41, 5.74) is 4.14. The van der Waals surface area contributed by atoms with Crippen molar-refractivity contribution >= 4 is 17.1 Å². The summed E-state index contributed by atoms with van der Waals surface area (Å²) < 4.78 is 38.1. The largest absolute Gasteiger partial charge is 0.416 e. The molecule has 8 heteroatoms. The van der Waals surface area contributed by atoms with Crippen LogP contribution in [0.2, 0.25) is 0 Å². The second-order valence-electron chi connectivity index (χ2n) is 5.59. The van der Waals surface area contributed by atoms with E-state index in [-0.39, 0.29) is 5.69 Å². The Morgan fingerprint density at radius 1 is 1.12 bits per heavy atom. The van der Waals surface area contributed by atoms with Gasteiger partial charge in [0.05, 0.1) is 16.2 Å². The second-order valence-corrected chi connectivity index (χ2v) is 5.59. The zero-order chi connectivity index (χ0) is 18.8. The maximum Gasteiger partial charge on any atom is 0.416 e. The van der Waals surface area contributed by atoms with E-state index in [2.05, 4.69) is 10.5 Å². The Morgan fingerprint density at radius 2 is 1.80 bits per heavy atom. The molecule has 0 unspecified atom stereocenters. The molecule has 0 spiro atoms. The van der Waals surface area contributed by atoms with Crippen molar-refractivity contribution in [2.75, 3.05) is 5.43 Å². The quantitative estimate of drug-likeness (QED) is 0.475. The minimum atomic E-state index is -4.65. The molecule has 2 aromatic carbocycles. The number of alkyl halides is 3. The van der Waals surface area contributed by atoms with Crippen molar-refractivity contribution in [1.82, 2.24) is 0 Å². The van der Waals surface area contributed by atoms with E-state index >= 15 is 0 Å².